The Morgan fingerprint density at radius 3 is 2.86 bits per heavy atom. The van der Waals surface area contributed by atoms with Gasteiger partial charge in [-0.15, -0.1) is 0 Å². The minimum atomic E-state index is -3.39. The molecule has 1 aliphatic carbocycles. The van der Waals surface area contributed by atoms with Gasteiger partial charge in [0.1, 0.15) is 6.29 Å². The fraction of sp³-hybridized carbons (Fsp3) is 0.467. The van der Waals surface area contributed by atoms with Crippen molar-refractivity contribution in [1.82, 2.24) is 9.55 Å². The van der Waals surface area contributed by atoms with Gasteiger partial charge in [0.25, 0.3) is 10.1 Å². The maximum absolute atomic E-state index is 11.2. The van der Waals surface area contributed by atoms with Crippen LogP contribution in [0.15, 0.2) is 12.4 Å². The van der Waals surface area contributed by atoms with Gasteiger partial charge in [0.15, 0.2) is 0 Å². The molecule has 1 aliphatic rings. The third-order valence-corrected chi connectivity index (χ3v) is 4.57. The van der Waals surface area contributed by atoms with Crippen molar-refractivity contribution in [1.29, 1.82) is 0 Å². The van der Waals surface area contributed by atoms with Crippen LogP contribution in [0.25, 0.3) is 11.0 Å². The number of benzene rings is 1. The molecule has 0 atom stereocenters. The van der Waals surface area contributed by atoms with E-state index in [1.54, 1.807) is 6.33 Å². The molecule has 118 valence electrons. The highest BCUT2D eigenvalue weighted by Crippen LogP contribution is 2.32. The van der Waals surface area contributed by atoms with Gasteiger partial charge in [0.2, 0.25) is 0 Å². The molecule has 0 aliphatic heterocycles. The van der Waals surface area contributed by atoms with Gasteiger partial charge in [-0.1, -0.05) is 0 Å². The highest BCUT2D eigenvalue weighted by molar-refractivity contribution is 7.85. The number of carbonyl (C=O) groups is 1. The zero-order chi connectivity index (χ0) is 15.7. The van der Waals surface area contributed by atoms with Crippen molar-refractivity contribution in [2.75, 3.05) is 12.9 Å². The molecule has 22 heavy (non-hydrogen) atoms. The van der Waals surface area contributed by atoms with Crippen molar-refractivity contribution in [3.05, 3.63) is 29.1 Å². The maximum Gasteiger partial charge on any atom is 0.264 e. The molecule has 3 rings (SSSR count). The quantitative estimate of drug-likeness (QED) is 0.459. The summed E-state index contributed by atoms with van der Waals surface area (Å²) in [5, 5.41) is 0. The van der Waals surface area contributed by atoms with E-state index in [4.69, 9.17) is 4.18 Å². The summed E-state index contributed by atoms with van der Waals surface area (Å²) in [4.78, 5) is 15.6. The molecule has 0 saturated heterocycles. The Labute approximate surface area is 129 Å². The first-order chi connectivity index (χ1) is 10.5. The van der Waals surface area contributed by atoms with E-state index in [2.05, 4.69) is 4.98 Å². The summed E-state index contributed by atoms with van der Waals surface area (Å²) in [6, 6.07) is 1.84. The molecule has 0 saturated carbocycles. The Balaban J connectivity index is 1.86. The van der Waals surface area contributed by atoms with E-state index in [0.29, 0.717) is 13.0 Å². The molecule has 0 N–H and O–H groups in total. The Morgan fingerprint density at radius 2 is 2.14 bits per heavy atom. The van der Waals surface area contributed by atoms with Gasteiger partial charge in [-0.05, 0) is 42.9 Å². The van der Waals surface area contributed by atoms with Crippen molar-refractivity contribution in [2.24, 2.45) is 0 Å². The molecule has 0 fully saturated rings. The Morgan fingerprint density at radius 1 is 1.36 bits per heavy atom. The van der Waals surface area contributed by atoms with E-state index in [1.165, 1.54) is 5.56 Å². The summed E-state index contributed by atoms with van der Waals surface area (Å²) in [6.07, 6.45) is 7.23. The fourth-order valence-electron chi connectivity index (χ4n) is 3.11. The van der Waals surface area contributed by atoms with Crippen LogP contribution in [0.2, 0.25) is 0 Å². The summed E-state index contributed by atoms with van der Waals surface area (Å²) in [6.45, 7) is 0.798. The lowest BCUT2D eigenvalue weighted by atomic mass is 10.0. The third-order valence-electron chi connectivity index (χ3n) is 3.98. The monoisotopic (exact) mass is 322 g/mol. The van der Waals surface area contributed by atoms with E-state index in [1.807, 2.05) is 10.6 Å². The zero-order valence-electron chi connectivity index (χ0n) is 12.4. The van der Waals surface area contributed by atoms with Gasteiger partial charge >= 0.3 is 0 Å². The largest absolute Gasteiger partial charge is 0.330 e. The lowest BCUT2D eigenvalue weighted by Gasteiger charge is -2.09. The highest BCUT2D eigenvalue weighted by Gasteiger charge is 2.21. The first kappa shape index (κ1) is 15.2. The lowest BCUT2D eigenvalue weighted by Crippen LogP contribution is -2.07. The molecule has 7 heteroatoms. The number of hydrogen-bond donors (Lipinski definition) is 0. The molecule has 1 aromatic heterocycles. The van der Waals surface area contributed by atoms with Crippen LogP contribution in [-0.2, 0) is 33.7 Å². The first-order valence-corrected chi connectivity index (χ1v) is 9.10. The average Bonchev–Trinajstić information content (AvgIpc) is 3.07. The average molecular weight is 322 g/mol. The normalized spacial score (nSPS) is 14.4. The Bertz CT molecular complexity index is 824. The zero-order valence-corrected chi connectivity index (χ0v) is 13.2. The molecular weight excluding hydrogens is 304 g/mol. The Hall–Kier alpha value is -1.73. The minimum absolute atomic E-state index is 0.160. The standard InChI is InChI=1S/C15H18N2O4S/c1-22(19,20)21-7-3-6-17-10-16-14-8-11(9-18)12-4-2-5-13(12)15(14)17/h8-10H,2-7H2,1H3. The number of rotatable bonds is 6. The fourth-order valence-corrected chi connectivity index (χ4v) is 3.53. The molecule has 6 nitrogen and oxygen atoms in total. The van der Waals surface area contributed by atoms with Crippen molar-refractivity contribution >= 4 is 27.4 Å². The molecule has 1 heterocycles. The number of aldehydes is 1. The molecule has 2 aromatic rings. The first-order valence-electron chi connectivity index (χ1n) is 7.29. The minimum Gasteiger partial charge on any atom is -0.330 e. The van der Waals surface area contributed by atoms with Crippen molar-refractivity contribution in [3.63, 3.8) is 0 Å². The molecule has 0 bridgehead atoms. The second-order valence-electron chi connectivity index (χ2n) is 5.58. The van der Waals surface area contributed by atoms with Crippen molar-refractivity contribution in [2.45, 2.75) is 32.2 Å². The van der Waals surface area contributed by atoms with Gasteiger partial charge < -0.3 is 4.57 Å². The van der Waals surface area contributed by atoms with Gasteiger partial charge in [-0.3, -0.25) is 8.98 Å². The number of imidazole rings is 1. The van der Waals surface area contributed by atoms with Gasteiger partial charge in [-0.25, -0.2) is 4.98 Å². The van der Waals surface area contributed by atoms with Crippen LogP contribution >= 0.6 is 0 Å². The van der Waals surface area contributed by atoms with Gasteiger partial charge in [0, 0.05) is 12.1 Å². The Kier molecular flexibility index (Phi) is 4.01. The summed E-state index contributed by atoms with van der Waals surface area (Å²) in [7, 11) is -3.39. The van der Waals surface area contributed by atoms with E-state index in [0.717, 1.165) is 54.0 Å². The summed E-state index contributed by atoms with van der Waals surface area (Å²) >= 11 is 0. The summed E-state index contributed by atoms with van der Waals surface area (Å²) in [5.74, 6) is 0. The third kappa shape index (κ3) is 2.91. The number of hydrogen-bond acceptors (Lipinski definition) is 5. The van der Waals surface area contributed by atoms with Crippen LogP contribution in [0.5, 0.6) is 0 Å². The van der Waals surface area contributed by atoms with Gasteiger partial charge in [-0.2, -0.15) is 8.42 Å². The highest BCUT2D eigenvalue weighted by atomic mass is 32.2. The topological polar surface area (TPSA) is 78.3 Å². The number of fused-ring (bicyclic) bond motifs is 3. The van der Waals surface area contributed by atoms with Crippen LogP contribution in [0.1, 0.15) is 34.3 Å². The molecule has 0 amide bonds. The van der Waals surface area contributed by atoms with Crippen LogP contribution in [0.4, 0.5) is 0 Å². The smallest absolute Gasteiger partial charge is 0.264 e. The predicted molar refractivity (Wildman–Crippen MR) is 82.6 cm³/mol. The summed E-state index contributed by atoms with van der Waals surface area (Å²) < 4.78 is 28.7. The lowest BCUT2D eigenvalue weighted by molar-refractivity contribution is 0.112. The van der Waals surface area contributed by atoms with E-state index in [-0.39, 0.29) is 6.61 Å². The van der Waals surface area contributed by atoms with Crippen LogP contribution in [0, 0.1) is 0 Å². The maximum atomic E-state index is 11.2. The number of aromatic nitrogens is 2. The van der Waals surface area contributed by atoms with E-state index in [9.17, 15) is 13.2 Å². The second kappa shape index (κ2) is 5.81. The van der Waals surface area contributed by atoms with Crippen molar-refractivity contribution < 1.29 is 17.4 Å². The molecule has 1 aromatic carbocycles. The molecule has 0 spiro atoms. The second-order valence-corrected chi connectivity index (χ2v) is 7.22. The summed E-state index contributed by atoms with van der Waals surface area (Å²) in [5.41, 5.74) is 4.98. The van der Waals surface area contributed by atoms with Gasteiger partial charge in [0.05, 0.1) is 30.2 Å². The number of aryl methyl sites for hydroxylation is 2. The van der Waals surface area contributed by atoms with E-state index < -0.39 is 10.1 Å². The van der Waals surface area contributed by atoms with E-state index >= 15 is 0 Å². The van der Waals surface area contributed by atoms with Crippen LogP contribution < -0.4 is 0 Å². The van der Waals surface area contributed by atoms with Crippen molar-refractivity contribution in [3.8, 4) is 0 Å². The van der Waals surface area contributed by atoms with Crippen LogP contribution in [-0.4, -0.2) is 37.1 Å². The molecular formula is C15H18N2O4S. The predicted octanol–water partition coefficient (Wildman–Crippen LogP) is 1.70. The SMILES string of the molecule is CS(=O)(=O)OCCCn1cnc2cc(C=O)c3c(c21)CCC3. The molecule has 0 unspecified atom stereocenters. The number of carbonyl (C=O) groups excluding carboxylic acids is 1. The number of nitrogens with zero attached hydrogens (tertiary/aromatic N) is 2. The van der Waals surface area contributed by atoms with Crippen LogP contribution in [0.3, 0.4) is 0 Å². The molecule has 0 radical (unpaired) electrons.